The summed E-state index contributed by atoms with van der Waals surface area (Å²) in [4.78, 5) is 72.7. The molecule has 0 spiro atoms. The Kier molecular flexibility index (Phi) is 65.9. The number of rotatable bonds is 74. The van der Waals surface area contributed by atoms with Gasteiger partial charge in [-0.2, -0.15) is 0 Å². The molecule has 19 heteroatoms. The van der Waals surface area contributed by atoms with E-state index in [1.165, 1.54) is 212 Å². The molecule has 0 aliphatic heterocycles. The number of carbonyl (C=O) groups is 4. The number of hydrogen-bond donors (Lipinski definition) is 3. The molecule has 3 N–H and O–H groups in total. The van der Waals surface area contributed by atoms with Gasteiger partial charge in [-0.05, 0) is 31.6 Å². The molecule has 0 aliphatic carbocycles. The molecule has 17 nitrogen and oxygen atoms in total. The molecule has 0 aromatic carbocycles. The summed E-state index contributed by atoms with van der Waals surface area (Å²) >= 11 is 0. The van der Waals surface area contributed by atoms with Crippen molar-refractivity contribution >= 4 is 39.5 Å². The molecule has 0 heterocycles. The molecule has 0 saturated heterocycles. The summed E-state index contributed by atoms with van der Waals surface area (Å²) in [6.45, 7) is 7.30. The van der Waals surface area contributed by atoms with Gasteiger partial charge in [0.2, 0.25) is 0 Å². The summed E-state index contributed by atoms with van der Waals surface area (Å²) in [5.74, 6) is -1.31. The zero-order valence-corrected chi connectivity index (χ0v) is 62.2. The van der Waals surface area contributed by atoms with E-state index in [1.54, 1.807) is 0 Å². The van der Waals surface area contributed by atoms with Crippen molar-refractivity contribution in [2.24, 2.45) is 5.92 Å². The molecular formula is C74H144O17P2. The zero-order valence-electron chi connectivity index (χ0n) is 60.4. The van der Waals surface area contributed by atoms with Crippen LogP contribution in [0.5, 0.6) is 0 Å². The van der Waals surface area contributed by atoms with Crippen molar-refractivity contribution in [3.05, 3.63) is 0 Å². The van der Waals surface area contributed by atoms with Gasteiger partial charge in [-0.1, -0.05) is 336 Å². The minimum atomic E-state index is -4.95. The van der Waals surface area contributed by atoms with E-state index in [0.29, 0.717) is 25.7 Å². The van der Waals surface area contributed by atoms with Gasteiger partial charge in [-0.25, -0.2) is 9.13 Å². The van der Waals surface area contributed by atoms with E-state index >= 15 is 0 Å². The first-order valence-electron chi connectivity index (χ1n) is 38.6. The van der Waals surface area contributed by atoms with Crippen LogP contribution in [0, 0.1) is 5.92 Å². The molecule has 552 valence electrons. The van der Waals surface area contributed by atoms with Crippen LogP contribution in [0.15, 0.2) is 0 Å². The van der Waals surface area contributed by atoms with Crippen LogP contribution in [0.2, 0.25) is 0 Å². The Morgan fingerprint density at radius 3 is 0.731 bits per heavy atom. The second-order valence-corrected chi connectivity index (χ2v) is 30.1. The van der Waals surface area contributed by atoms with Crippen LogP contribution in [0.25, 0.3) is 0 Å². The number of unbranched alkanes of at least 4 members (excludes halogenated alkanes) is 46. The van der Waals surface area contributed by atoms with Gasteiger partial charge in [0.25, 0.3) is 0 Å². The third-order valence-electron chi connectivity index (χ3n) is 17.3. The molecule has 0 bridgehead atoms. The van der Waals surface area contributed by atoms with Gasteiger partial charge in [0, 0.05) is 25.7 Å². The molecular weight excluding hydrogens is 1220 g/mol. The van der Waals surface area contributed by atoms with Crippen molar-refractivity contribution in [3.8, 4) is 0 Å². The lowest BCUT2D eigenvalue weighted by atomic mass is 10.0. The normalized spacial score (nSPS) is 14.0. The van der Waals surface area contributed by atoms with Gasteiger partial charge in [0.1, 0.15) is 19.3 Å². The Morgan fingerprint density at radius 2 is 0.495 bits per heavy atom. The molecule has 0 aromatic rings. The van der Waals surface area contributed by atoms with Gasteiger partial charge in [0.05, 0.1) is 26.4 Å². The average molecular weight is 1370 g/mol. The maximum Gasteiger partial charge on any atom is 0.472 e. The van der Waals surface area contributed by atoms with Crippen molar-refractivity contribution in [1.29, 1.82) is 0 Å². The number of phosphoric acid groups is 2. The van der Waals surface area contributed by atoms with Crippen LogP contribution < -0.4 is 0 Å². The third-order valence-corrected chi connectivity index (χ3v) is 19.2. The summed E-state index contributed by atoms with van der Waals surface area (Å²) in [7, 11) is -9.90. The Labute approximate surface area is 568 Å². The number of aliphatic hydroxyl groups excluding tert-OH is 1. The predicted octanol–water partition coefficient (Wildman–Crippen LogP) is 21.7. The highest BCUT2D eigenvalue weighted by Gasteiger charge is 2.30. The number of phosphoric ester groups is 2. The second kappa shape index (κ2) is 67.3. The number of aliphatic hydroxyl groups is 1. The van der Waals surface area contributed by atoms with Crippen LogP contribution >= 0.6 is 15.6 Å². The average Bonchev–Trinajstić information content (AvgIpc) is 2.35. The van der Waals surface area contributed by atoms with Crippen LogP contribution in [-0.4, -0.2) is 96.7 Å². The zero-order chi connectivity index (χ0) is 68.4. The first-order valence-corrected chi connectivity index (χ1v) is 41.6. The van der Waals surface area contributed by atoms with Gasteiger partial charge < -0.3 is 33.8 Å². The van der Waals surface area contributed by atoms with Crippen molar-refractivity contribution in [3.63, 3.8) is 0 Å². The highest BCUT2D eigenvalue weighted by molar-refractivity contribution is 7.47. The number of ether oxygens (including phenoxy) is 4. The van der Waals surface area contributed by atoms with E-state index in [4.69, 9.17) is 37.0 Å². The molecule has 5 atom stereocenters. The topological polar surface area (TPSA) is 237 Å². The van der Waals surface area contributed by atoms with Gasteiger partial charge in [0.15, 0.2) is 12.2 Å². The van der Waals surface area contributed by atoms with Gasteiger partial charge in [-0.3, -0.25) is 37.3 Å². The molecule has 2 unspecified atom stereocenters. The van der Waals surface area contributed by atoms with E-state index in [0.717, 1.165) is 95.8 Å². The van der Waals surface area contributed by atoms with Crippen LogP contribution in [0.1, 0.15) is 388 Å². The summed E-state index contributed by atoms with van der Waals surface area (Å²) < 4.78 is 68.4. The molecule has 0 aromatic heterocycles. The lowest BCUT2D eigenvalue weighted by Crippen LogP contribution is -2.30. The summed E-state index contributed by atoms with van der Waals surface area (Å²) in [5.41, 5.74) is 0. The fourth-order valence-electron chi connectivity index (χ4n) is 11.4. The summed E-state index contributed by atoms with van der Waals surface area (Å²) in [6.07, 6.45) is 55.3. The minimum absolute atomic E-state index is 0.108. The Hall–Kier alpha value is -1.94. The third kappa shape index (κ3) is 68.4. The Morgan fingerprint density at radius 1 is 0.290 bits per heavy atom. The van der Waals surface area contributed by atoms with Crippen LogP contribution in [0.3, 0.4) is 0 Å². The molecule has 0 amide bonds. The molecule has 0 fully saturated rings. The van der Waals surface area contributed by atoms with E-state index in [2.05, 4.69) is 34.6 Å². The maximum absolute atomic E-state index is 13.1. The molecule has 0 rings (SSSR count). The SMILES string of the molecule is CCCCCCCCCCCCCCC(=O)OC[C@H](COP(=O)(O)OC[C@@H](O)COP(=O)(O)OC[C@@H](COC(=O)CCCCCCCCCCCCC)OC(=O)CCCCCCCCCCCCCC)OC(=O)CCCCCCCCCCCCCCCCCC(C)C. The quantitative estimate of drug-likeness (QED) is 0.0222. The monoisotopic (exact) mass is 1370 g/mol. The van der Waals surface area contributed by atoms with E-state index in [9.17, 15) is 43.2 Å². The number of carbonyl (C=O) groups excluding carboxylic acids is 4. The highest BCUT2D eigenvalue weighted by Crippen LogP contribution is 2.45. The van der Waals surface area contributed by atoms with E-state index in [1.807, 2.05) is 0 Å². The summed E-state index contributed by atoms with van der Waals surface area (Å²) in [5, 5.41) is 10.6. The Balaban J connectivity index is 5.23. The number of hydrogen-bond acceptors (Lipinski definition) is 15. The van der Waals surface area contributed by atoms with Crippen molar-refractivity contribution < 1.29 is 80.2 Å². The fraction of sp³-hybridized carbons (Fsp3) is 0.946. The van der Waals surface area contributed by atoms with E-state index < -0.39 is 97.5 Å². The Bertz CT molecular complexity index is 1790. The van der Waals surface area contributed by atoms with Crippen molar-refractivity contribution in [1.82, 2.24) is 0 Å². The number of esters is 4. The largest absolute Gasteiger partial charge is 0.472 e. The van der Waals surface area contributed by atoms with Crippen LogP contribution in [0.4, 0.5) is 0 Å². The predicted molar refractivity (Wildman–Crippen MR) is 377 cm³/mol. The minimum Gasteiger partial charge on any atom is -0.462 e. The fourth-order valence-corrected chi connectivity index (χ4v) is 12.9. The van der Waals surface area contributed by atoms with E-state index in [-0.39, 0.29) is 25.7 Å². The van der Waals surface area contributed by atoms with Gasteiger partial charge >= 0.3 is 39.5 Å². The first-order chi connectivity index (χ1) is 45.0. The molecule has 93 heavy (non-hydrogen) atoms. The van der Waals surface area contributed by atoms with Crippen molar-refractivity contribution in [2.45, 2.75) is 406 Å². The molecule has 0 aliphatic rings. The standard InChI is InChI=1S/C74H144O17P2/c1-6-9-12-15-18-21-24-33-38-43-48-53-58-72(77)85-64-70(91-74(79)60-55-50-45-40-35-30-28-26-27-29-32-36-41-46-51-56-67(4)5)66-89-93(82,83)87-62-68(75)61-86-92(80,81)88-65-69(63-84-71(76)57-52-47-42-37-31-23-20-17-14-11-8-3)90-73(78)59-54-49-44-39-34-25-22-19-16-13-10-7-2/h67-70,75H,6-66H2,1-5H3,(H,80,81)(H,82,83)/t68-,69+,70+/m0/s1. The lowest BCUT2D eigenvalue weighted by molar-refractivity contribution is -0.161. The summed E-state index contributed by atoms with van der Waals surface area (Å²) in [6, 6.07) is 0. The van der Waals surface area contributed by atoms with Crippen LogP contribution in [-0.2, 0) is 65.4 Å². The maximum atomic E-state index is 13.1. The smallest absolute Gasteiger partial charge is 0.462 e. The highest BCUT2D eigenvalue weighted by atomic mass is 31.2. The molecule has 0 saturated carbocycles. The first kappa shape index (κ1) is 91.1. The second-order valence-electron chi connectivity index (χ2n) is 27.2. The lowest BCUT2D eigenvalue weighted by Gasteiger charge is -2.21. The van der Waals surface area contributed by atoms with Gasteiger partial charge in [-0.15, -0.1) is 0 Å². The molecule has 0 radical (unpaired) electrons. The van der Waals surface area contributed by atoms with Crippen molar-refractivity contribution in [2.75, 3.05) is 39.6 Å².